The summed E-state index contributed by atoms with van der Waals surface area (Å²) in [5.74, 6) is -2.00. The average molecular weight is 558 g/mol. The number of rotatable bonds is 7. The molecule has 4 aromatic rings. The van der Waals surface area contributed by atoms with E-state index in [4.69, 9.17) is 15.2 Å². The molecule has 0 spiro atoms. The first-order chi connectivity index (χ1) is 19.2. The standard InChI is InChI=1S/C26H23F4N7O3/c27-20-12-16(35-24(38)18-13-34-37(22(18)26(28,29)30)17-4-2-1-3-5-17)6-7-21(20)40-25-19(23(31)32-15-33-25)14-36-8-10-39-11-9-36/h1-7,12-13,15H,8-11,14H2,(H,35,38)(H2,31,32,33). The topological polar surface area (TPSA) is 120 Å². The van der Waals surface area contributed by atoms with Crippen LogP contribution >= 0.6 is 0 Å². The minimum absolute atomic E-state index is 0.0535. The Morgan fingerprint density at radius 2 is 1.85 bits per heavy atom. The number of carbonyl (C=O) groups is 1. The van der Waals surface area contributed by atoms with Crippen molar-refractivity contribution in [3.63, 3.8) is 0 Å². The third-order valence-electron chi connectivity index (χ3n) is 6.10. The number of anilines is 2. The van der Waals surface area contributed by atoms with Crippen LogP contribution in [-0.4, -0.2) is 56.9 Å². The number of nitrogen functional groups attached to an aromatic ring is 1. The number of carbonyl (C=O) groups excluding carboxylic acids is 1. The molecule has 1 fully saturated rings. The summed E-state index contributed by atoms with van der Waals surface area (Å²) in [5, 5.41) is 6.05. The molecule has 2 aromatic heterocycles. The van der Waals surface area contributed by atoms with E-state index in [1.54, 1.807) is 18.2 Å². The summed E-state index contributed by atoms with van der Waals surface area (Å²) in [6, 6.07) is 11.0. The van der Waals surface area contributed by atoms with Crippen LogP contribution < -0.4 is 15.8 Å². The maximum absolute atomic E-state index is 15.0. The van der Waals surface area contributed by atoms with E-state index < -0.39 is 29.2 Å². The fourth-order valence-corrected chi connectivity index (χ4v) is 4.14. The van der Waals surface area contributed by atoms with Crippen LogP contribution in [0, 0.1) is 5.82 Å². The summed E-state index contributed by atoms with van der Waals surface area (Å²) >= 11 is 0. The Morgan fingerprint density at radius 3 is 2.55 bits per heavy atom. The molecular formula is C26H23F4N7O3. The van der Waals surface area contributed by atoms with Crippen molar-refractivity contribution in [1.82, 2.24) is 24.6 Å². The van der Waals surface area contributed by atoms with Crippen molar-refractivity contribution in [3.8, 4) is 17.3 Å². The molecule has 1 aliphatic rings. The SMILES string of the molecule is Nc1ncnc(Oc2ccc(NC(=O)c3cnn(-c4ccccc4)c3C(F)(F)F)cc2F)c1CN1CCOCC1. The van der Waals surface area contributed by atoms with Crippen LogP contribution in [-0.2, 0) is 17.5 Å². The molecule has 0 aliphatic carbocycles. The van der Waals surface area contributed by atoms with Gasteiger partial charge in [0.05, 0.1) is 36.2 Å². The van der Waals surface area contributed by atoms with Gasteiger partial charge in [-0.2, -0.15) is 18.3 Å². The zero-order chi connectivity index (χ0) is 28.3. The summed E-state index contributed by atoms with van der Waals surface area (Å²) in [6.45, 7) is 2.80. The molecule has 14 heteroatoms. The van der Waals surface area contributed by atoms with Gasteiger partial charge in [0, 0.05) is 31.4 Å². The van der Waals surface area contributed by atoms with Crippen molar-refractivity contribution in [2.24, 2.45) is 0 Å². The third kappa shape index (κ3) is 5.87. The highest BCUT2D eigenvalue weighted by atomic mass is 19.4. The molecule has 5 rings (SSSR count). The van der Waals surface area contributed by atoms with E-state index in [0.717, 1.165) is 12.3 Å². The minimum Gasteiger partial charge on any atom is -0.435 e. The van der Waals surface area contributed by atoms with Gasteiger partial charge in [0.15, 0.2) is 17.3 Å². The van der Waals surface area contributed by atoms with Crippen LogP contribution in [0.3, 0.4) is 0 Å². The predicted octanol–water partition coefficient (Wildman–Crippen LogP) is 4.28. The highest BCUT2D eigenvalue weighted by Crippen LogP contribution is 2.35. The zero-order valence-corrected chi connectivity index (χ0v) is 20.9. The largest absolute Gasteiger partial charge is 0.435 e. The predicted molar refractivity (Wildman–Crippen MR) is 136 cm³/mol. The zero-order valence-electron chi connectivity index (χ0n) is 20.9. The number of ether oxygens (including phenoxy) is 2. The maximum Gasteiger partial charge on any atom is 0.434 e. The molecule has 0 unspecified atom stereocenters. The van der Waals surface area contributed by atoms with Crippen molar-refractivity contribution in [2.75, 3.05) is 37.4 Å². The number of nitrogens with two attached hydrogens (primary N) is 1. The van der Waals surface area contributed by atoms with Crippen molar-refractivity contribution in [1.29, 1.82) is 0 Å². The number of aromatic nitrogens is 4. The number of hydrogen-bond donors (Lipinski definition) is 2. The number of para-hydroxylation sites is 1. The summed E-state index contributed by atoms with van der Waals surface area (Å²) in [6.07, 6.45) is -2.89. The molecule has 3 heterocycles. The normalized spacial score (nSPS) is 14.2. The fraction of sp³-hybridized carbons (Fsp3) is 0.231. The van der Waals surface area contributed by atoms with Gasteiger partial charge in [0.1, 0.15) is 12.1 Å². The number of nitrogens with one attached hydrogen (secondary N) is 1. The van der Waals surface area contributed by atoms with E-state index in [1.807, 2.05) is 0 Å². The lowest BCUT2D eigenvalue weighted by Gasteiger charge is -2.27. The summed E-state index contributed by atoms with van der Waals surface area (Å²) in [5.41, 5.74) is 4.55. The van der Waals surface area contributed by atoms with E-state index >= 15 is 0 Å². The molecule has 208 valence electrons. The van der Waals surface area contributed by atoms with Gasteiger partial charge in [0.25, 0.3) is 5.91 Å². The van der Waals surface area contributed by atoms with Gasteiger partial charge >= 0.3 is 6.18 Å². The van der Waals surface area contributed by atoms with E-state index in [0.29, 0.717) is 43.1 Å². The second-order valence-corrected chi connectivity index (χ2v) is 8.78. The lowest BCUT2D eigenvalue weighted by atomic mass is 10.2. The second-order valence-electron chi connectivity index (χ2n) is 8.78. The monoisotopic (exact) mass is 557 g/mol. The molecule has 0 saturated carbocycles. The Kier molecular flexibility index (Phi) is 7.62. The molecule has 1 amide bonds. The Balaban J connectivity index is 1.35. The van der Waals surface area contributed by atoms with E-state index in [-0.39, 0.29) is 28.8 Å². The van der Waals surface area contributed by atoms with Crippen LogP contribution in [0.4, 0.5) is 29.1 Å². The van der Waals surface area contributed by atoms with E-state index in [2.05, 4.69) is 25.3 Å². The molecule has 2 aromatic carbocycles. The number of amides is 1. The first-order valence-corrected chi connectivity index (χ1v) is 12.1. The molecule has 1 saturated heterocycles. The molecule has 0 radical (unpaired) electrons. The summed E-state index contributed by atoms with van der Waals surface area (Å²) < 4.78 is 68.4. The van der Waals surface area contributed by atoms with Crippen molar-refractivity contribution >= 4 is 17.4 Å². The van der Waals surface area contributed by atoms with Crippen LogP contribution in [0.1, 0.15) is 21.6 Å². The van der Waals surface area contributed by atoms with Gasteiger partial charge in [-0.3, -0.25) is 9.69 Å². The summed E-state index contributed by atoms with van der Waals surface area (Å²) in [4.78, 5) is 23.0. The first-order valence-electron chi connectivity index (χ1n) is 12.1. The van der Waals surface area contributed by atoms with Crippen LogP contribution in [0.2, 0.25) is 0 Å². The van der Waals surface area contributed by atoms with Gasteiger partial charge in [-0.15, -0.1) is 0 Å². The Labute approximate surface area is 225 Å². The number of benzene rings is 2. The highest BCUT2D eigenvalue weighted by molar-refractivity contribution is 6.05. The van der Waals surface area contributed by atoms with Gasteiger partial charge in [-0.1, -0.05) is 18.2 Å². The molecular weight excluding hydrogens is 534 g/mol. The number of morpholine rings is 1. The fourth-order valence-electron chi connectivity index (χ4n) is 4.14. The van der Waals surface area contributed by atoms with Gasteiger partial charge in [-0.25, -0.2) is 19.0 Å². The number of nitrogens with zero attached hydrogens (tertiary/aromatic N) is 5. The molecule has 0 bridgehead atoms. The van der Waals surface area contributed by atoms with Gasteiger partial charge in [0.2, 0.25) is 5.88 Å². The Bertz CT molecular complexity index is 1510. The Hall–Kier alpha value is -4.56. The van der Waals surface area contributed by atoms with Crippen molar-refractivity contribution < 1.29 is 31.8 Å². The molecule has 10 nitrogen and oxygen atoms in total. The smallest absolute Gasteiger partial charge is 0.434 e. The molecule has 40 heavy (non-hydrogen) atoms. The minimum atomic E-state index is -4.89. The lowest BCUT2D eigenvalue weighted by molar-refractivity contribution is -0.143. The quantitative estimate of drug-likeness (QED) is 0.323. The first kappa shape index (κ1) is 27.0. The van der Waals surface area contributed by atoms with Crippen LogP contribution in [0.15, 0.2) is 61.1 Å². The van der Waals surface area contributed by atoms with E-state index in [1.165, 1.54) is 30.6 Å². The van der Waals surface area contributed by atoms with E-state index in [9.17, 15) is 22.4 Å². The number of hydrogen-bond acceptors (Lipinski definition) is 8. The van der Waals surface area contributed by atoms with Crippen LogP contribution in [0.25, 0.3) is 5.69 Å². The molecule has 3 N–H and O–H groups in total. The van der Waals surface area contributed by atoms with Crippen molar-refractivity contribution in [3.05, 3.63) is 83.7 Å². The maximum atomic E-state index is 15.0. The molecule has 1 aliphatic heterocycles. The van der Waals surface area contributed by atoms with Gasteiger partial charge in [-0.05, 0) is 24.3 Å². The number of alkyl halides is 3. The van der Waals surface area contributed by atoms with Gasteiger partial charge < -0.3 is 20.5 Å². The molecule has 0 atom stereocenters. The van der Waals surface area contributed by atoms with Crippen molar-refractivity contribution in [2.45, 2.75) is 12.7 Å². The summed E-state index contributed by atoms with van der Waals surface area (Å²) in [7, 11) is 0. The third-order valence-corrected chi connectivity index (χ3v) is 6.10. The number of halogens is 4. The second kappa shape index (κ2) is 11.3. The lowest BCUT2D eigenvalue weighted by Crippen LogP contribution is -2.36. The average Bonchev–Trinajstić information content (AvgIpc) is 3.40. The highest BCUT2D eigenvalue weighted by Gasteiger charge is 2.40. The van der Waals surface area contributed by atoms with Crippen LogP contribution in [0.5, 0.6) is 11.6 Å². The Morgan fingerprint density at radius 1 is 1.10 bits per heavy atom.